The molecular formula is C24H24ClFN6O4. The molecule has 0 saturated heterocycles. The number of imidazole rings is 1. The number of ether oxygens (including phenoxy) is 3. The van der Waals surface area contributed by atoms with Gasteiger partial charge in [-0.25, -0.2) is 19.2 Å². The zero-order valence-corrected chi connectivity index (χ0v) is 20.1. The van der Waals surface area contributed by atoms with E-state index >= 15 is 0 Å². The molecule has 1 amide bonds. The molecule has 0 unspecified atom stereocenters. The topological polar surface area (TPSA) is 125 Å². The van der Waals surface area contributed by atoms with E-state index in [2.05, 4.69) is 25.3 Å². The normalized spacial score (nSPS) is 10.9. The summed E-state index contributed by atoms with van der Waals surface area (Å²) >= 11 is 6.43. The third kappa shape index (κ3) is 5.93. The molecule has 4 N–H and O–H groups in total. The SMILES string of the molecule is COc1ccc(-c2cnc3c(Nc4ccc(NCCOCCOC(N)=O)c(Cl)c4)nccn23)cc1F. The van der Waals surface area contributed by atoms with Gasteiger partial charge in [0.25, 0.3) is 0 Å². The van der Waals surface area contributed by atoms with E-state index in [0.717, 1.165) is 5.69 Å². The minimum Gasteiger partial charge on any atom is -0.494 e. The van der Waals surface area contributed by atoms with Gasteiger partial charge in [0.1, 0.15) is 6.61 Å². The molecule has 0 aliphatic carbocycles. The molecule has 0 fully saturated rings. The van der Waals surface area contributed by atoms with Crippen LogP contribution in [0.2, 0.25) is 5.02 Å². The van der Waals surface area contributed by atoms with Crippen LogP contribution >= 0.6 is 11.6 Å². The number of amides is 1. The Kier molecular flexibility index (Phi) is 8.03. The fourth-order valence-electron chi connectivity index (χ4n) is 3.48. The Labute approximate surface area is 211 Å². The van der Waals surface area contributed by atoms with Crippen LogP contribution in [0.25, 0.3) is 16.9 Å². The van der Waals surface area contributed by atoms with Crippen LogP contribution in [0.4, 0.5) is 26.4 Å². The lowest BCUT2D eigenvalue weighted by Crippen LogP contribution is -2.18. The monoisotopic (exact) mass is 514 g/mol. The second-order valence-electron chi connectivity index (χ2n) is 7.49. The van der Waals surface area contributed by atoms with Gasteiger partial charge in [0.05, 0.1) is 42.9 Å². The van der Waals surface area contributed by atoms with Crippen molar-refractivity contribution >= 4 is 40.5 Å². The first-order valence-electron chi connectivity index (χ1n) is 10.9. The van der Waals surface area contributed by atoms with E-state index in [9.17, 15) is 9.18 Å². The maximum atomic E-state index is 14.2. The molecule has 0 bridgehead atoms. The fraction of sp³-hybridized carbons (Fsp3) is 0.208. The summed E-state index contributed by atoms with van der Waals surface area (Å²) in [5, 5.41) is 6.91. The molecule has 36 heavy (non-hydrogen) atoms. The highest BCUT2D eigenvalue weighted by Crippen LogP contribution is 2.30. The van der Waals surface area contributed by atoms with Crippen LogP contribution in [0.15, 0.2) is 55.0 Å². The summed E-state index contributed by atoms with van der Waals surface area (Å²) in [6.07, 6.45) is 4.22. The summed E-state index contributed by atoms with van der Waals surface area (Å²) in [7, 11) is 1.42. The molecule has 2 heterocycles. The molecule has 0 saturated carbocycles. The minimum absolute atomic E-state index is 0.103. The van der Waals surface area contributed by atoms with Gasteiger partial charge in [0, 0.05) is 30.2 Å². The van der Waals surface area contributed by atoms with Crippen molar-refractivity contribution in [2.75, 3.05) is 44.1 Å². The summed E-state index contributed by atoms with van der Waals surface area (Å²) in [4.78, 5) is 19.4. The Morgan fingerprint density at radius 1 is 1.17 bits per heavy atom. The van der Waals surface area contributed by atoms with Crippen LogP contribution in [-0.2, 0) is 9.47 Å². The molecule has 10 nitrogen and oxygen atoms in total. The number of primary amides is 1. The average molecular weight is 515 g/mol. The third-order valence-electron chi connectivity index (χ3n) is 5.14. The number of nitrogens with zero attached hydrogens (tertiary/aromatic N) is 3. The standard InChI is InChI=1S/C24H24ClFN6O4/c1-34-21-5-2-15(12-18(21)26)20-14-30-23-22(29-6-8-32(20)23)31-16-3-4-19(17(25)13-16)28-7-9-35-10-11-36-24(27)33/h2-6,8,12-14,28H,7,9-11H2,1H3,(H2,27,33)(H,29,31). The highest BCUT2D eigenvalue weighted by molar-refractivity contribution is 6.33. The van der Waals surface area contributed by atoms with Gasteiger partial charge in [-0.3, -0.25) is 4.40 Å². The minimum atomic E-state index is -0.829. The first-order chi connectivity index (χ1) is 17.5. The molecule has 2 aromatic heterocycles. The van der Waals surface area contributed by atoms with Crippen LogP contribution in [0.5, 0.6) is 5.75 Å². The van der Waals surface area contributed by atoms with Gasteiger partial charge in [-0.05, 0) is 36.4 Å². The molecule has 4 rings (SSSR count). The number of aromatic nitrogens is 3. The maximum Gasteiger partial charge on any atom is 0.404 e. The number of anilines is 3. The summed E-state index contributed by atoms with van der Waals surface area (Å²) in [6, 6.07) is 10.2. The van der Waals surface area contributed by atoms with Gasteiger partial charge in [-0.1, -0.05) is 11.6 Å². The summed E-state index contributed by atoms with van der Waals surface area (Å²) in [5.74, 6) is 0.235. The number of hydrogen-bond acceptors (Lipinski definition) is 8. The number of nitrogens with one attached hydrogen (secondary N) is 2. The second kappa shape index (κ2) is 11.6. The van der Waals surface area contributed by atoms with Gasteiger partial charge < -0.3 is 30.6 Å². The molecular weight excluding hydrogens is 491 g/mol. The van der Waals surface area contributed by atoms with Gasteiger partial charge in [0.15, 0.2) is 23.0 Å². The van der Waals surface area contributed by atoms with Crippen LogP contribution in [0.1, 0.15) is 0 Å². The molecule has 4 aromatic rings. The predicted molar refractivity (Wildman–Crippen MR) is 135 cm³/mol. The van der Waals surface area contributed by atoms with Crippen molar-refractivity contribution in [3.63, 3.8) is 0 Å². The number of halogens is 2. The molecule has 2 aromatic carbocycles. The molecule has 0 aliphatic heterocycles. The van der Waals surface area contributed by atoms with Gasteiger partial charge in [-0.2, -0.15) is 0 Å². The van der Waals surface area contributed by atoms with Crippen molar-refractivity contribution in [3.8, 4) is 17.0 Å². The predicted octanol–water partition coefficient (Wildman–Crippen LogP) is 4.46. The first kappa shape index (κ1) is 25.0. The van der Waals surface area contributed by atoms with Crippen molar-refractivity contribution in [1.29, 1.82) is 0 Å². The third-order valence-corrected chi connectivity index (χ3v) is 5.45. The Hall–Kier alpha value is -4.09. The Bertz CT molecular complexity index is 1370. The molecule has 188 valence electrons. The quantitative estimate of drug-likeness (QED) is 0.250. The van der Waals surface area contributed by atoms with E-state index in [1.165, 1.54) is 13.2 Å². The highest BCUT2D eigenvalue weighted by Gasteiger charge is 2.13. The number of methoxy groups -OCH3 is 1. The van der Waals surface area contributed by atoms with Crippen LogP contribution in [0.3, 0.4) is 0 Å². The zero-order valence-electron chi connectivity index (χ0n) is 19.3. The summed E-state index contributed by atoms with van der Waals surface area (Å²) < 4.78 is 31.0. The highest BCUT2D eigenvalue weighted by atomic mass is 35.5. The van der Waals surface area contributed by atoms with E-state index in [1.807, 2.05) is 16.5 Å². The Morgan fingerprint density at radius 2 is 2.03 bits per heavy atom. The molecule has 0 aliphatic rings. The van der Waals surface area contributed by atoms with Crippen LogP contribution in [-0.4, -0.2) is 53.9 Å². The summed E-state index contributed by atoms with van der Waals surface area (Å²) in [5.41, 5.74) is 8.25. The van der Waals surface area contributed by atoms with Crippen LogP contribution in [0, 0.1) is 5.82 Å². The van der Waals surface area contributed by atoms with Crippen molar-refractivity contribution in [1.82, 2.24) is 14.4 Å². The number of nitrogens with two attached hydrogens (primary N) is 1. The van der Waals surface area contributed by atoms with Crippen molar-refractivity contribution < 1.29 is 23.4 Å². The van der Waals surface area contributed by atoms with E-state index in [4.69, 9.17) is 26.8 Å². The lowest BCUT2D eigenvalue weighted by Gasteiger charge is -2.12. The largest absolute Gasteiger partial charge is 0.494 e. The number of benzene rings is 2. The van der Waals surface area contributed by atoms with Gasteiger partial charge >= 0.3 is 6.09 Å². The Morgan fingerprint density at radius 3 is 2.78 bits per heavy atom. The van der Waals surface area contributed by atoms with E-state index < -0.39 is 11.9 Å². The number of fused-ring (bicyclic) bond motifs is 1. The lowest BCUT2D eigenvalue weighted by atomic mass is 10.1. The smallest absolute Gasteiger partial charge is 0.404 e. The van der Waals surface area contributed by atoms with E-state index in [1.54, 1.807) is 36.8 Å². The number of hydrogen-bond donors (Lipinski definition) is 3. The number of carbonyl (C=O) groups excluding carboxylic acids is 1. The molecule has 12 heteroatoms. The van der Waals surface area contributed by atoms with E-state index in [-0.39, 0.29) is 19.0 Å². The number of carbonyl (C=O) groups is 1. The second-order valence-corrected chi connectivity index (χ2v) is 7.90. The van der Waals surface area contributed by atoms with E-state index in [0.29, 0.717) is 46.6 Å². The fourth-order valence-corrected chi connectivity index (χ4v) is 3.73. The Balaban J connectivity index is 1.41. The maximum absolute atomic E-state index is 14.2. The number of rotatable bonds is 11. The van der Waals surface area contributed by atoms with Crippen molar-refractivity contribution in [2.24, 2.45) is 5.73 Å². The average Bonchev–Trinajstić information content (AvgIpc) is 3.29. The molecule has 0 radical (unpaired) electrons. The van der Waals surface area contributed by atoms with Gasteiger partial charge in [-0.15, -0.1) is 0 Å². The molecule has 0 atom stereocenters. The zero-order chi connectivity index (χ0) is 25.5. The van der Waals surface area contributed by atoms with Crippen molar-refractivity contribution in [2.45, 2.75) is 0 Å². The van der Waals surface area contributed by atoms with Gasteiger partial charge in [0.2, 0.25) is 0 Å². The lowest BCUT2D eigenvalue weighted by molar-refractivity contribution is 0.0814. The van der Waals surface area contributed by atoms with Crippen molar-refractivity contribution in [3.05, 3.63) is 65.8 Å². The first-order valence-corrected chi connectivity index (χ1v) is 11.3. The molecule has 0 spiro atoms. The summed E-state index contributed by atoms with van der Waals surface area (Å²) in [6.45, 7) is 1.26. The van der Waals surface area contributed by atoms with Crippen LogP contribution < -0.4 is 21.1 Å².